The van der Waals surface area contributed by atoms with Crippen molar-refractivity contribution in [1.29, 1.82) is 0 Å². The summed E-state index contributed by atoms with van der Waals surface area (Å²) in [5, 5.41) is 0. The van der Waals surface area contributed by atoms with Crippen LogP contribution in [0.3, 0.4) is 0 Å². The Balaban J connectivity index is 3.39. The Morgan fingerprint density at radius 2 is 1.00 bits per heavy atom. The summed E-state index contributed by atoms with van der Waals surface area (Å²) in [6.45, 7) is 15.9. The fraction of sp³-hybridized carbons (Fsp3) is 0.950. The minimum absolute atomic E-state index is 0.470. The molecule has 0 nitrogen and oxygen atoms in total. The molecule has 0 amide bonds. The minimum Gasteiger partial charge on any atom is -0.0602 e. The van der Waals surface area contributed by atoms with Crippen molar-refractivity contribution in [2.24, 2.45) is 10.8 Å². The molecule has 0 heteroatoms. The quantitative estimate of drug-likeness (QED) is 0.323. The van der Waals surface area contributed by atoms with Gasteiger partial charge in [-0.2, -0.15) is 0 Å². The lowest BCUT2D eigenvalue weighted by molar-refractivity contribution is 0.194. The van der Waals surface area contributed by atoms with Crippen LogP contribution < -0.4 is 0 Å². The summed E-state index contributed by atoms with van der Waals surface area (Å²) < 4.78 is 0. The van der Waals surface area contributed by atoms with E-state index in [0.29, 0.717) is 10.8 Å². The first kappa shape index (κ1) is 20.0. The first-order valence-corrected chi connectivity index (χ1v) is 9.06. The molecule has 0 bridgehead atoms. The number of unbranched alkanes of at least 4 members (excludes halogenated alkanes) is 9. The second kappa shape index (κ2) is 10.7. The fourth-order valence-corrected chi connectivity index (χ4v) is 3.54. The summed E-state index contributed by atoms with van der Waals surface area (Å²) >= 11 is 0. The SMILES string of the molecule is [CH2]CCCCCCCCCCCC(C)(C)CC(C)(C)C. The van der Waals surface area contributed by atoms with E-state index in [0.717, 1.165) is 6.42 Å². The second-order valence-corrected chi connectivity index (χ2v) is 8.69. The Morgan fingerprint density at radius 1 is 0.600 bits per heavy atom. The van der Waals surface area contributed by atoms with Crippen molar-refractivity contribution in [2.75, 3.05) is 0 Å². The second-order valence-electron chi connectivity index (χ2n) is 8.69. The van der Waals surface area contributed by atoms with Gasteiger partial charge in [0.15, 0.2) is 0 Å². The van der Waals surface area contributed by atoms with E-state index in [4.69, 9.17) is 0 Å². The van der Waals surface area contributed by atoms with Crippen LogP contribution in [-0.2, 0) is 0 Å². The Labute approximate surface area is 130 Å². The van der Waals surface area contributed by atoms with Crippen LogP contribution in [0.25, 0.3) is 0 Å². The van der Waals surface area contributed by atoms with Crippen LogP contribution in [0.15, 0.2) is 0 Å². The standard InChI is InChI=1S/C20H41/c1-7-8-9-10-11-12-13-14-15-16-17-20(5,6)18-19(2,3)4/h1,7-18H2,2-6H3. The van der Waals surface area contributed by atoms with Crippen molar-refractivity contribution in [3.8, 4) is 0 Å². The summed E-state index contributed by atoms with van der Waals surface area (Å²) in [5.74, 6) is 0. The van der Waals surface area contributed by atoms with Gasteiger partial charge in [-0.25, -0.2) is 0 Å². The molecule has 0 aromatic heterocycles. The molecule has 0 unspecified atom stereocenters. The van der Waals surface area contributed by atoms with E-state index in [1.165, 1.54) is 70.6 Å². The van der Waals surface area contributed by atoms with E-state index < -0.39 is 0 Å². The summed E-state index contributed by atoms with van der Waals surface area (Å²) in [6.07, 6.45) is 16.6. The Bertz CT molecular complexity index is 207. The molecular weight excluding hydrogens is 240 g/mol. The highest BCUT2D eigenvalue weighted by Gasteiger charge is 2.24. The normalized spacial score (nSPS) is 12.9. The summed E-state index contributed by atoms with van der Waals surface area (Å²) in [4.78, 5) is 0. The molecule has 0 N–H and O–H groups in total. The lowest BCUT2D eigenvalue weighted by Crippen LogP contribution is -2.20. The maximum atomic E-state index is 3.90. The average Bonchev–Trinajstić information content (AvgIpc) is 2.28. The summed E-state index contributed by atoms with van der Waals surface area (Å²) in [6, 6.07) is 0. The van der Waals surface area contributed by atoms with E-state index in [1.54, 1.807) is 0 Å². The molecule has 0 aliphatic heterocycles. The van der Waals surface area contributed by atoms with Gasteiger partial charge in [0.2, 0.25) is 0 Å². The van der Waals surface area contributed by atoms with Gasteiger partial charge in [0.25, 0.3) is 0 Å². The molecule has 20 heavy (non-hydrogen) atoms. The van der Waals surface area contributed by atoms with Crippen LogP contribution in [-0.4, -0.2) is 0 Å². The van der Waals surface area contributed by atoms with Gasteiger partial charge >= 0.3 is 0 Å². The number of hydrogen-bond acceptors (Lipinski definition) is 0. The molecule has 0 atom stereocenters. The van der Waals surface area contributed by atoms with E-state index in [-0.39, 0.29) is 0 Å². The predicted octanol–water partition coefficient (Wildman–Crippen LogP) is 7.57. The van der Waals surface area contributed by atoms with Crippen LogP contribution in [0.1, 0.15) is 112 Å². The summed E-state index contributed by atoms with van der Waals surface area (Å²) in [5.41, 5.74) is 0.990. The van der Waals surface area contributed by atoms with E-state index in [2.05, 4.69) is 41.5 Å². The third-order valence-electron chi connectivity index (χ3n) is 4.11. The molecule has 0 rings (SSSR count). The van der Waals surface area contributed by atoms with Gasteiger partial charge < -0.3 is 0 Å². The van der Waals surface area contributed by atoms with Crippen LogP contribution in [0.4, 0.5) is 0 Å². The van der Waals surface area contributed by atoms with Gasteiger partial charge in [-0.1, -0.05) is 106 Å². The Kier molecular flexibility index (Phi) is 10.7. The van der Waals surface area contributed by atoms with Crippen molar-refractivity contribution in [3.05, 3.63) is 6.92 Å². The molecule has 0 heterocycles. The van der Waals surface area contributed by atoms with Gasteiger partial charge in [0, 0.05) is 0 Å². The zero-order chi connectivity index (χ0) is 15.5. The first-order chi connectivity index (χ1) is 9.27. The van der Waals surface area contributed by atoms with E-state index in [1.807, 2.05) is 0 Å². The molecule has 0 aromatic carbocycles. The van der Waals surface area contributed by atoms with Crippen molar-refractivity contribution in [2.45, 2.75) is 112 Å². The highest BCUT2D eigenvalue weighted by Crippen LogP contribution is 2.37. The average molecular weight is 282 g/mol. The van der Waals surface area contributed by atoms with Crippen LogP contribution in [0.2, 0.25) is 0 Å². The molecule has 1 radical (unpaired) electrons. The van der Waals surface area contributed by atoms with Crippen LogP contribution in [0, 0.1) is 17.8 Å². The van der Waals surface area contributed by atoms with E-state index >= 15 is 0 Å². The largest absolute Gasteiger partial charge is 0.0602 e. The summed E-state index contributed by atoms with van der Waals surface area (Å²) in [7, 11) is 0. The van der Waals surface area contributed by atoms with Crippen molar-refractivity contribution < 1.29 is 0 Å². The molecule has 0 aromatic rings. The van der Waals surface area contributed by atoms with Crippen molar-refractivity contribution in [3.63, 3.8) is 0 Å². The van der Waals surface area contributed by atoms with Crippen molar-refractivity contribution in [1.82, 2.24) is 0 Å². The Morgan fingerprint density at radius 3 is 1.40 bits per heavy atom. The highest BCUT2D eigenvalue weighted by molar-refractivity contribution is 4.76. The number of hydrogen-bond donors (Lipinski definition) is 0. The topological polar surface area (TPSA) is 0 Å². The van der Waals surface area contributed by atoms with Crippen LogP contribution in [0.5, 0.6) is 0 Å². The van der Waals surface area contributed by atoms with Gasteiger partial charge in [0.1, 0.15) is 0 Å². The molecule has 0 saturated carbocycles. The Hall–Kier alpha value is 0. The number of rotatable bonds is 12. The van der Waals surface area contributed by atoms with Gasteiger partial charge in [-0.3, -0.25) is 0 Å². The molecule has 0 spiro atoms. The van der Waals surface area contributed by atoms with Gasteiger partial charge in [-0.05, 0) is 23.7 Å². The highest BCUT2D eigenvalue weighted by atomic mass is 14.3. The maximum Gasteiger partial charge on any atom is -0.0349 e. The lowest BCUT2D eigenvalue weighted by Gasteiger charge is -2.32. The zero-order valence-electron chi connectivity index (χ0n) is 15.2. The smallest absolute Gasteiger partial charge is 0.0349 e. The molecule has 0 fully saturated rings. The van der Waals surface area contributed by atoms with Gasteiger partial charge in [-0.15, -0.1) is 0 Å². The maximum absolute atomic E-state index is 3.90. The zero-order valence-corrected chi connectivity index (χ0v) is 15.2. The van der Waals surface area contributed by atoms with Gasteiger partial charge in [0.05, 0.1) is 0 Å². The monoisotopic (exact) mass is 281 g/mol. The molecule has 0 saturated heterocycles. The molecule has 0 aliphatic carbocycles. The molecule has 0 aliphatic rings. The third-order valence-corrected chi connectivity index (χ3v) is 4.11. The third kappa shape index (κ3) is 14.4. The lowest BCUT2D eigenvalue weighted by atomic mass is 9.73. The predicted molar refractivity (Wildman–Crippen MR) is 94.0 cm³/mol. The molecular formula is C20H41. The van der Waals surface area contributed by atoms with Crippen molar-refractivity contribution >= 4 is 0 Å². The molecule has 121 valence electrons. The fourth-order valence-electron chi connectivity index (χ4n) is 3.54. The minimum atomic E-state index is 0.470. The van der Waals surface area contributed by atoms with Crippen LogP contribution >= 0.6 is 0 Å². The van der Waals surface area contributed by atoms with E-state index in [9.17, 15) is 0 Å². The first-order valence-electron chi connectivity index (χ1n) is 9.06.